The number of benzene rings is 1. The molecule has 1 rings (SSSR count). The van der Waals surface area contributed by atoms with Crippen molar-refractivity contribution >= 4 is 12.4 Å². The molecule has 2 nitrogen and oxygen atoms in total. The summed E-state index contributed by atoms with van der Waals surface area (Å²) in [6.45, 7) is 2.97. The Morgan fingerprint density at radius 2 is 1.94 bits per heavy atom. The van der Waals surface area contributed by atoms with E-state index in [-0.39, 0.29) is 0 Å². The lowest BCUT2D eigenvalue weighted by atomic mass is 10.2. The first-order chi connectivity index (χ1) is 8.36. The smallest absolute Gasteiger partial charge is 0.225 e. The summed E-state index contributed by atoms with van der Waals surface area (Å²) in [7, 11) is 0. The van der Waals surface area contributed by atoms with Crippen molar-refractivity contribution in [2.45, 2.75) is 32.6 Å². The van der Waals surface area contributed by atoms with Crippen LogP contribution in [0.4, 0.5) is 0 Å². The molecular formula is C15H19O2. The molecule has 0 aliphatic rings. The average molecular weight is 231 g/mol. The molecule has 0 heterocycles. The standard InChI is InChI=1S/C15H19O2/c1-2-3-4-5-13-17-15-10-8-14(9-11-15)7-6-12-16/h6-11H,2-5,13H2,1H3. The van der Waals surface area contributed by atoms with Crippen LogP contribution < -0.4 is 4.74 Å². The summed E-state index contributed by atoms with van der Waals surface area (Å²) in [6, 6.07) is 7.69. The van der Waals surface area contributed by atoms with Gasteiger partial charge in [0.2, 0.25) is 6.29 Å². The highest BCUT2D eigenvalue weighted by molar-refractivity contribution is 5.74. The summed E-state index contributed by atoms with van der Waals surface area (Å²) in [5.41, 5.74) is 0.978. The Hall–Kier alpha value is -1.57. The van der Waals surface area contributed by atoms with Crippen molar-refractivity contribution in [3.05, 3.63) is 35.9 Å². The third-order valence-electron chi connectivity index (χ3n) is 2.49. The van der Waals surface area contributed by atoms with Crippen molar-refractivity contribution in [2.24, 2.45) is 0 Å². The Balaban J connectivity index is 2.30. The normalized spacial score (nSPS) is 10.6. The van der Waals surface area contributed by atoms with E-state index in [1.165, 1.54) is 25.3 Å². The molecule has 0 bridgehead atoms. The van der Waals surface area contributed by atoms with Gasteiger partial charge >= 0.3 is 0 Å². The van der Waals surface area contributed by atoms with E-state index in [9.17, 15) is 4.79 Å². The predicted molar refractivity (Wildman–Crippen MR) is 70.8 cm³/mol. The summed E-state index contributed by atoms with van der Waals surface area (Å²) < 4.78 is 5.61. The SMILES string of the molecule is CCCCCCOc1ccc(C=C[C]=O)cc1. The number of unbranched alkanes of at least 4 members (excludes halogenated alkanes) is 3. The topological polar surface area (TPSA) is 26.3 Å². The maximum absolute atomic E-state index is 10.0. The van der Waals surface area contributed by atoms with E-state index in [1.54, 1.807) is 12.4 Å². The molecule has 91 valence electrons. The van der Waals surface area contributed by atoms with Crippen molar-refractivity contribution in [2.75, 3.05) is 6.61 Å². The second-order valence-corrected chi connectivity index (χ2v) is 3.93. The van der Waals surface area contributed by atoms with E-state index in [1.807, 2.05) is 24.3 Å². The maximum atomic E-state index is 10.0. The van der Waals surface area contributed by atoms with Gasteiger partial charge in [0.1, 0.15) is 5.75 Å². The van der Waals surface area contributed by atoms with Crippen LogP contribution in [-0.4, -0.2) is 12.9 Å². The van der Waals surface area contributed by atoms with Crippen molar-refractivity contribution in [1.29, 1.82) is 0 Å². The summed E-state index contributed by atoms with van der Waals surface area (Å²) in [6.07, 6.45) is 9.66. The van der Waals surface area contributed by atoms with Gasteiger partial charge in [-0.1, -0.05) is 44.4 Å². The number of rotatable bonds is 8. The minimum atomic E-state index is 0.775. The maximum Gasteiger partial charge on any atom is 0.225 e. The Morgan fingerprint density at radius 1 is 1.18 bits per heavy atom. The molecule has 0 unspecified atom stereocenters. The minimum Gasteiger partial charge on any atom is -0.494 e. The highest BCUT2D eigenvalue weighted by atomic mass is 16.5. The highest BCUT2D eigenvalue weighted by Gasteiger charge is 1.94. The first-order valence-corrected chi connectivity index (χ1v) is 6.14. The van der Waals surface area contributed by atoms with Crippen molar-refractivity contribution in [1.82, 2.24) is 0 Å². The Morgan fingerprint density at radius 3 is 2.59 bits per heavy atom. The third-order valence-corrected chi connectivity index (χ3v) is 2.49. The fourth-order valence-electron chi connectivity index (χ4n) is 1.52. The van der Waals surface area contributed by atoms with E-state index in [0.29, 0.717) is 0 Å². The monoisotopic (exact) mass is 231 g/mol. The largest absolute Gasteiger partial charge is 0.494 e. The first kappa shape index (κ1) is 13.5. The predicted octanol–water partition coefficient (Wildman–Crippen LogP) is 3.77. The second-order valence-electron chi connectivity index (χ2n) is 3.93. The molecule has 0 spiro atoms. The molecule has 0 amide bonds. The molecule has 2 heteroatoms. The summed E-state index contributed by atoms with van der Waals surface area (Å²) in [5, 5.41) is 0. The van der Waals surface area contributed by atoms with Crippen molar-refractivity contribution in [3.8, 4) is 5.75 Å². The van der Waals surface area contributed by atoms with E-state index >= 15 is 0 Å². The zero-order valence-electron chi connectivity index (χ0n) is 10.3. The summed E-state index contributed by atoms with van der Waals surface area (Å²) in [5.74, 6) is 0.883. The van der Waals surface area contributed by atoms with Gasteiger partial charge in [-0.05, 0) is 30.2 Å². The van der Waals surface area contributed by atoms with Crippen molar-refractivity contribution in [3.63, 3.8) is 0 Å². The van der Waals surface area contributed by atoms with Gasteiger partial charge in [0.25, 0.3) is 0 Å². The van der Waals surface area contributed by atoms with Crippen LogP contribution in [0.2, 0.25) is 0 Å². The number of allylic oxidation sites excluding steroid dienone is 1. The fourth-order valence-corrected chi connectivity index (χ4v) is 1.52. The molecular weight excluding hydrogens is 212 g/mol. The Labute approximate surface area is 103 Å². The van der Waals surface area contributed by atoms with E-state index in [4.69, 9.17) is 4.74 Å². The van der Waals surface area contributed by atoms with Crippen molar-refractivity contribution < 1.29 is 9.53 Å². The zero-order chi connectivity index (χ0) is 12.3. The highest BCUT2D eigenvalue weighted by Crippen LogP contribution is 2.13. The summed E-state index contributed by atoms with van der Waals surface area (Å²) in [4.78, 5) is 10.0. The molecule has 1 aromatic rings. The van der Waals surface area contributed by atoms with Crippen LogP contribution in [0.25, 0.3) is 6.08 Å². The zero-order valence-corrected chi connectivity index (χ0v) is 10.3. The number of hydrogen-bond donors (Lipinski definition) is 0. The molecule has 0 aromatic heterocycles. The number of ether oxygens (including phenoxy) is 1. The van der Waals surface area contributed by atoms with Crippen LogP contribution in [0.5, 0.6) is 5.75 Å². The third kappa shape index (κ3) is 5.91. The van der Waals surface area contributed by atoms with Gasteiger partial charge in [0.05, 0.1) is 6.61 Å². The first-order valence-electron chi connectivity index (χ1n) is 6.14. The minimum absolute atomic E-state index is 0.775. The van der Waals surface area contributed by atoms with Gasteiger partial charge < -0.3 is 4.74 Å². The van der Waals surface area contributed by atoms with Crippen LogP contribution in [0.1, 0.15) is 38.2 Å². The molecule has 0 N–H and O–H groups in total. The van der Waals surface area contributed by atoms with E-state index in [2.05, 4.69) is 6.92 Å². The number of carbonyl (C=O) groups excluding carboxylic acids is 1. The fraction of sp³-hybridized carbons (Fsp3) is 0.400. The average Bonchev–Trinajstić information content (AvgIpc) is 2.37. The lowest BCUT2D eigenvalue weighted by Gasteiger charge is -2.05. The Bertz CT molecular complexity index is 338. The molecule has 0 aliphatic carbocycles. The molecule has 0 fully saturated rings. The van der Waals surface area contributed by atoms with Gasteiger partial charge in [-0.15, -0.1) is 0 Å². The van der Waals surface area contributed by atoms with Gasteiger partial charge in [-0.25, -0.2) is 0 Å². The molecule has 17 heavy (non-hydrogen) atoms. The van der Waals surface area contributed by atoms with Gasteiger partial charge in [0.15, 0.2) is 0 Å². The second kappa shape index (κ2) is 8.57. The van der Waals surface area contributed by atoms with Crippen LogP contribution in [0.3, 0.4) is 0 Å². The molecule has 0 aliphatic heterocycles. The Kier molecular flexibility index (Phi) is 6.80. The van der Waals surface area contributed by atoms with Gasteiger partial charge in [-0.3, -0.25) is 4.79 Å². The molecule has 0 atom stereocenters. The van der Waals surface area contributed by atoms with Gasteiger partial charge in [-0.2, -0.15) is 0 Å². The molecule has 1 aromatic carbocycles. The lowest BCUT2D eigenvalue weighted by Crippen LogP contribution is -1.96. The molecule has 0 saturated carbocycles. The van der Waals surface area contributed by atoms with E-state index < -0.39 is 0 Å². The van der Waals surface area contributed by atoms with Crippen LogP contribution in [0.15, 0.2) is 30.3 Å². The van der Waals surface area contributed by atoms with Crippen LogP contribution in [-0.2, 0) is 4.79 Å². The molecule has 0 saturated heterocycles. The quantitative estimate of drug-likeness (QED) is 0.503. The van der Waals surface area contributed by atoms with E-state index in [0.717, 1.165) is 24.3 Å². The summed E-state index contributed by atoms with van der Waals surface area (Å²) >= 11 is 0. The van der Waals surface area contributed by atoms with Gasteiger partial charge in [0, 0.05) is 0 Å². The van der Waals surface area contributed by atoms with Crippen LogP contribution in [0, 0.1) is 0 Å². The molecule has 1 radical (unpaired) electrons. The number of hydrogen-bond acceptors (Lipinski definition) is 2. The lowest BCUT2D eigenvalue weighted by molar-refractivity contribution is 0.305. The van der Waals surface area contributed by atoms with Crippen LogP contribution >= 0.6 is 0 Å².